The van der Waals surface area contributed by atoms with E-state index in [1.165, 1.54) is 0 Å². The molecule has 0 spiro atoms. The van der Waals surface area contributed by atoms with Crippen molar-refractivity contribution in [2.45, 2.75) is 38.5 Å². The molecule has 25 heavy (non-hydrogen) atoms. The van der Waals surface area contributed by atoms with E-state index in [-0.39, 0.29) is 18.6 Å². The molecule has 3 rings (SSSR count). The van der Waals surface area contributed by atoms with Crippen LogP contribution < -0.4 is 5.32 Å². The van der Waals surface area contributed by atoms with Gasteiger partial charge in [-0.2, -0.15) is 0 Å². The quantitative estimate of drug-likeness (QED) is 0.802. The summed E-state index contributed by atoms with van der Waals surface area (Å²) in [5.74, 6) is -1.12. The van der Waals surface area contributed by atoms with Gasteiger partial charge < -0.3 is 24.5 Å². The highest BCUT2D eigenvalue weighted by molar-refractivity contribution is 5.96. The Balaban J connectivity index is 1.59. The molecule has 1 aliphatic heterocycles. The summed E-state index contributed by atoms with van der Waals surface area (Å²) in [4.78, 5) is 23.1. The van der Waals surface area contributed by atoms with E-state index < -0.39 is 12.1 Å². The Morgan fingerprint density at radius 3 is 3.00 bits per heavy atom. The fourth-order valence-electron chi connectivity index (χ4n) is 2.91. The zero-order valence-electron chi connectivity index (χ0n) is 14.1. The second-order valence-corrected chi connectivity index (χ2v) is 6.21. The average Bonchev–Trinajstić information content (AvgIpc) is 3.22. The third-order valence-electron chi connectivity index (χ3n) is 4.27. The second-order valence-electron chi connectivity index (χ2n) is 6.21. The van der Waals surface area contributed by atoms with Gasteiger partial charge in [0.25, 0.3) is 5.91 Å². The van der Waals surface area contributed by atoms with Gasteiger partial charge in [-0.1, -0.05) is 0 Å². The number of anilines is 1. The number of aromatic nitrogens is 1. The van der Waals surface area contributed by atoms with Crippen molar-refractivity contribution in [3.63, 3.8) is 0 Å². The lowest BCUT2D eigenvalue weighted by Gasteiger charge is -2.16. The molecule has 7 heteroatoms. The number of benzene rings is 1. The molecule has 2 heterocycles. The van der Waals surface area contributed by atoms with Crippen LogP contribution in [0.25, 0.3) is 10.9 Å². The first-order chi connectivity index (χ1) is 12.0. The fraction of sp³-hybridized carbons (Fsp3) is 0.444. The fourth-order valence-corrected chi connectivity index (χ4v) is 2.91. The zero-order valence-corrected chi connectivity index (χ0v) is 14.1. The first-order valence-electron chi connectivity index (χ1n) is 8.37. The van der Waals surface area contributed by atoms with Crippen LogP contribution in [-0.2, 0) is 25.6 Å². The van der Waals surface area contributed by atoms with Gasteiger partial charge in [-0.15, -0.1) is 0 Å². The van der Waals surface area contributed by atoms with E-state index in [0.29, 0.717) is 12.3 Å². The van der Waals surface area contributed by atoms with E-state index in [2.05, 4.69) is 5.32 Å². The van der Waals surface area contributed by atoms with Gasteiger partial charge in [0.05, 0.1) is 12.7 Å². The Hall–Kier alpha value is -2.38. The van der Waals surface area contributed by atoms with Gasteiger partial charge in [0.15, 0.2) is 0 Å². The van der Waals surface area contributed by atoms with Crippen LogP contribution in [0.5, 0.6) is 0 Å². The van der Waals surface area contributed by atoms with Crippen molar-refractivity contribution in [1.82, 2.24) is 4.57 Å². The molecule has 1 aromatic heterocycles. The molecular formula is C18H22N2O5. The van der Waals surface area contributed by atoms with Gasteiger partial charge in [-0.05, 0) is 44.0 Å². The molecule has 2 aromatic rings. The number of nitrogens with one attached hydrogen (secondary N) is 1. The van der Waals surface area contributed by atoms with E-state index >= 15 is 0 Å². The second kappa shape index (κ2) is 7.67. The van der Waals surface area contributed by atoms with E-state index in [1.807, 2.05) is 12.1 Å². The summed E-state index contributed by atoms with van der Waals surface area (Å²) < 4.78 is 12.7. The Labute approximate surface area is 145 Å². The number of fused-ring (bicyclic) bond motifs is 1. The van der Waals surface area contributed by atoms with E-state index in [1.54, 1.807) is 29.8 Å². The van der Waals surface area contributed by atoms with Gasteiger partial charge in [0.1, 0.15) is 12.6 Å². The van der Waals surface area contributed by atoms with Crippen LogP contribution >= 0.6 is 0 Å². The molecule has 134 valence electrons. The third kappa shape index (κ3) is 4.37. The first kappa shape index (κ1) is 17.4. The van der Waals surface area contributed by atoms with Gasteiger partial charge in [-0.3, -0.25) is 9.59 Å². The van der Waals surface area contributed by atoms with Crippen molar-refractivity contribution < 1.29 is 24.2 Å². The molecule has 7 nitrogen and oxygen atoms in total. The number of hydrogen-bond acceptors (Lipinski definition) is 4. The summed E-state index contributed by atoms with van der Waals surface area (Å²) in [6.07, 6.45) is 3.24. The first-order valence-corrected chi connectivity index (χ1v) is 8.37. The van der Waals surface area contributed by atoms with Crippen LogP contribution in [0, 0.1) is 0 Å². The van der Waals surface area contributed by atoms with Crippen molar-refractivity contribution in [1.29, 1.82) is 0 Å². The molecule has 0 aliphatic carbocycles. The van der Waals surface area contributed by atoms with Crippen LogP contribution in [0.15, 0.2) is 30.5 Å². The van der Waals surface area contributed by atoms with E-state index in [0.717, 1.165) is 30.4 Å². The van der Waals surface area contributed by atoms with Crippen LogP contribution in [-0.4, -0.2) is 47.0 Å². The largest absolute Gasteiger partial charge is 0.480 e. The van der Waals surface area contributed by atoms with Gasteiger partial charge in [-0.25, -0.2) is 0 Å². The number of aliphatic carboxylic acids is 1. The third-order valence-corrected chi connectivity index (χ3v) is 4.27. The minimum Gasteiger partial charge on any atom is -0.480 e. The van der Waals surface area contributed by atoms with Crippen LogP contribution in [0.3, 0.4) is 0 Å². The lowest BCUT2D eigenvalue weighted by Crippen LogP contribution is -2.30. The van der Waals surface area contributed by atoms with Crippen LogP contribution in [0.4, 0.5) is 5.69 Å². The zero-order chi connectivity index (χ0) is 17.8. The summed E-state index contributed by atoms with van der Waals surface area (Å²) >= 11 is 0. The van der Waals surface area contributed by atoms with Crippen molar-refractivity contribution in [2.24, 2.45) is 0 Å². The molecular weight excluding hydrogens is 324 g/mol. The maximum Gasteiger partial charge on any atom is 0.323 e. The molecule has 0 bridgehead atoms. The Kier molecular flexibility index (Phi) is 5.35. The highest BCUT2D eigenvalue weighted by atomic mass is 16.5. The Morgan fingerprint density at radius 1 is 1.44 bits per heavy atom. The minimum atomic E-state index is -0.896. The lowest BCUT2D eigenvalue weighted by atomic mass is 10.2. The molecule has 2 N–H and O–H groups in total. The molecule has 1 aromatic carbocycles. The maximum atomic E-state index is 12.2. The van der Waals surface area contributed by atoms with Gasteiger partial charge >= 0.3 is 5.97 Å². The standard InChI is InChI=1S/C18H22N2O5/c1-12(25-11-15-3-2-8-24-15)18(23)19-14-4-5-16-13(9-14)6-7-20(16)10-17(21)22/h4-7,9,12,15H,2-3,8,10-11H2,1H3,(H,19,23)(H,21,22). The molecule has 2 atom stereocenters. The van der Waals surface area contributed by atoms with Crippen LogP contribution in [0.1, 0.15) is 19.8 Å². The van der Waals surface area contributed by atoms with Crippen molar-refractivity contribution in [2.75, 3.05) is 18.5 Å². The Bertz CT molecular complexity index is 764. The topological polar surface area (TPSA) is 89.8 Å². The molecule has 0 saturated carbocycles. The number of ether oxygens (including phenoxy) is 2. The number of carboxylic acid groups (broad SMARTS) is 1. The van der Waals surface area contributed by atoms with Gasteiger partial charge in [0, 0.05) is 29.4 Å². The summed E-state index contributed by atoms with van der Waals surface area (Å²) in [5, 5.41) is 12.6. The van der Waals surface area contributed by atoms with E-state index in [9.17, 15) is 9.59 Å². The monoisotopic (exact) mass is 346 g/mol. The van der Waals surface area contributed by atoms with Crippen molar-refractivity contribution in [3.8, 4) is 0 Å². The molecule has 1 aliphatic rings. The average molecular weight is 346 g/mol. The number of nitrogens with zero attached hydrogens (tertiary/aromatic N) is 1. The maximum absolute atomic E-state index is 12.2. The number of carbonyl (C=O) groups is 2. The molecule has 1 fully saturated rings. The predicted molar refractivity (Wildman–Crippen MR) is 92.6 cm³/mol. The molecule has 1 saturated heterocycles. The summed E-state index contributed by atoms with van der Waals surface area (Å²) in [6, 6.07) is 7.20. The SMILES string of the molecule is CC(OCC1CCCO1)C(=O)Nc1ccc2c(ccn2CC(=O)O)c1. The summed E-state index contributed by atoms with van der Waals surface area (Å²) in [7, 11) is 0. The van der Waals surface area contributed by atoms with Crippen LogP contribution in [0.2, 0.25) is 0 Å². The number of carbonyl (C=O) groups excluding carboxylic acids is 1. The minimum absolute atomic E-state index is 0.0839. The number of hydrogen-bond donors (Lipinski definition) is 2. The Morgan fingerprint density at radius 2 is 2.28 bits per heavy atom. The normalized spacial score (nSPS) is 18.4. The number of rotatable bonds is 7. The van der Waals surface area contributed by atoms with Crippen molar-refractivity contribution in [3.05, 3.63) is 30.5 Å². The molecule has 1 amide bonds. The summed E-state index contributed by atoms with van der Waals surface area (Å²) in [6.45, 7) is 2.80. The van der Waals surface area contributed by atoms with E-state index in [4.69, 9.17) is 14.6 Å². The lowest BCUT2D eigenvalue weighted by molar-refractivity contribution is -0.137. The van der Waals surface area contributed by atoms with Crippen molar-refractivity contribution >= 4 is 28.5 Å². The predicted octanol–water partition coefficient (Wildman–Crippen LogP) is 2.25. The molecule has 0 radical (unpaired) electrons. The highest BCUT2D eigenvalue weighted by Gasteiger charge is 2.20. The number of carboxylic acids is 1. The smallest absolute Gasteiger partial charge is 0.323 e. The highest BCUT2D eigenvalue weighted by Crippen LogP contribution is 2.21. The summed E-state index contributed by atoms with van der Waals surface area (Å²) in [5.41, 5.74) is 1.46. The molecule has 2 unspecified atom stereocenters. The van der Waals surface area contributed by atoms with Gasteiger partial charge in [0.2, 0.25) is 0 Å². The number of amides is 1.